The summed E-state index contributed by atoms with van der Waals surface area (Å²) in [6, 6.07) is 18.6. The SMILES string of the molecule is Cc1ncsc1C=CC1=C(C(=O)OC(c2ccccc2)c2ccccc2)N2C(=O)C(N)[C@@H]2SC1. The van der Waals surface area contributed by atoms with Gasteiger partial charge in [-0.25, -0.2) is 9.78 Å². The molecule has 2 atom stereocenters. The van der Waals surface area contributed by atoms with Gasteiger partial charge >= 0.3 is 5.97 Å². The molecule has 3 aromatic rings. The van der Waals surface area contributed by atoms with Crippen LogP contribution in [-0.2, 0) is 14.3 Å². The van der Waals surface area contributed by atoms with E-state index in [0.29, 0.717) is 5.75 Å². The number of carbonyl (C=O) groups is 2. The zero-order valence-electron chi connectivity index (χ0n) is 18.5. The van der Waals surface area contributed by atoms with Crippen LogP contribution in [0.3, 0.4) is 0 Å². The van der Waals surface area contributed by atoms with E-state index in [2.05, 4.69) is 4.98 Å². The van der Waals surface area contributed by atoms with E-state index in [1.807, 2.05) is 79.7 Å². The van der Waals surface area contributed by atoms with Crippen LogP contribution >= 0.6 is 23.1 Å². The van der Waals surface area contributed by atoms with Crippen molar-refractivity contribution in [2.45, 2.75) is 24.4 Å². The van der Waals surface area contributed by atoms with Gasteiger partial charge in [0.2, 0.25) is 5.91 Å². The second kappa shape index (κ2) is 9.58. The van der Waals surface area contributed by atoms with E-state index in [-0.39, 0.29) is 17.0 Å². The van der Waals surface area contributed by atoms with E-state index in [1.165, 1.54) is 16.2 Å². The Balaban J connectivity index is 1.52. The Hall–Kier alpha value is -3.20. The van der Waals surface area contributed by atoms with Crippen LogP contribution in [0.25, 0.3) is 6.08 Å². The van der Waals surface area contributed by atoms with Crippen molar-refractivity contribution in [1.29, 1.82) is 0 Å². The molecule has 1 saturated heterocycles. The highest BCUT2D eigenvalue weighted by molar-refractivity contribution is 8.00. The predicted molar refractivity (Wildman–Crippen MR) is 135 cm³/mol. The first kappa shape index (κ1) is 22.6. The molecule has 2 N–H and O–H groups in total. The number of benzene rings is 2. The van der Waals surface area contributed by atoms with Crippen molar-refractivity contribution < 1.29 is 14.3 Å². The zero-order valence-corrected chi connectivity index (χ0v) is 20.1. The largest absolute Gasteiger partial charge is 0.448 e. The third-order valence-electron chi connectivity index (χ3n) is 5.88. The number of fused-ring (bicyclic) bond motifs is 1. The lowest BCUT2D eigenvalue weighted by Crippen LogP contribution is -2.68. The molecule has 0 radical (unpaired) electrons. The number of β-lactam (4-membered cyclic amide) rings is 1. The van der Waals surface area contributed by atoms with Crippen molar-refractivity contribution in [3.63, 3.8) is 0 Å². The smallest absolute Gasteiger partial charge is 0.356 e. The van der Waals surface area contributed by atoms with Crippen LogP contribution < -0.4 is 5.73 Å². The van der Waals surface area contributed by atoms with E-state index in [9.17, 15) is 9.59 Å². The van der Waals surface area contributed by atoms with Crippen LogP contribution in [0.1, 0.15) is 27.8 Å². The summed E-state index contributed by atoms with van der Waals surface area (Å²) >= 11 is 3.08. The van der Waals surface area contributed by atoms with Gasteiger partial charge in [0.25, 0.3) is 0 Å². The maximum absolute atomic E-state index is 13.7. The van der Waals surface area contributed by atoms with Crippen LogP contribution in [0.4, 0.5) is 0 Å². The van der Waals surface area contributed by atoms with Gasteiger partial charge in [-0.05, 0) is 29.7 Å². The molecule has 2 aromatic carbocycles. The fourth-order valence-corrected chi connectivity index (χ4v) is 6.01. The van der Waals surface area contributed by atoms with E-state index in [0.717, 1.165) is 27.3 Å². The van der Waals surface area contributed by atoms with Crippen molar-refractivity contribution in [2.75, 3.05) is 5.75 Å². The van der Waals surface area contributed by atoms with Gasteiger partial charge in [0, 0.05) is 10.6 Å². The molecule has 2 aliphatic rings. The van der Waals surface area contributed by atoms with Crippen LogP contribution in [0.2, 0.25) is 0 Å². The lowest BCUT2D eigenvalue weighted by molar-refractivity contribution is -0.153. The number of thiazole rings is 1. The quantitative estimate of drug-likeness (QED) is 0.411. The first-order chi connectivity index (χ1) is 16.5. The number of aromatic nitrogens is 1. The molecule has 34 heavy (non-hydrogen) atoms. The minimum absolute atomic E-state index is 0.260. The molecule has 8 heteroatoms. The minimum atomic E-state index is -0.610. The fraction of sp³-hybridized carbons (Fsp3) is 0.192. The molecular formula is C26H23N3O3S2. The summed E-state index contributed by atoms with van der Waals surface area (Å²) in [7, 11) is 0. The van der Waals surface area contributed by atoms with Crippen molar-refractivity contribution in [3.05, 3.63) is 105 Å². The van der Waals surface area contributed by atoms with Gasteiger partial charge in [-0.3, -0.25) is 9.69 Å². The zero-order chi connectivity index (χ0) is 23.7. The summed E-state index contributed by atoms with van der Waals surface area (Å²) in [6.45, 7) is 1.94. The van der Waals surface area contributed by atoms with Gasteiger partial charge in [-0.1, -0.05) is 66.7 Å². The standard InChI is InChI=1S/C26H23N3O3S2/c1-16-20(34-15-28-16)13-12-19-14-33-25-21(27)24(30)29(25)22(19)26(31)32-23(17-8-4-2-5-9-17)18-10-6-3-7-11-18/h2-13,15,21,23,25H,14,27H2,1H3/t21?,25-/m0/s1. The molecule has 0 bridgehead atoms. The minimum Gasteiger partial charge on any atom is -0.448 e. The van der Waals surface area contributed by atoms with E-state index >= 15 is 0 Å². The topological polar surface area (TPSA) is 85.5 Å². The van der Waals surface area contributed by atoms with Gasteiger partial charge in [-0.2, -0.15) is 0 Å². The molecular weight excluding hydrogens is 466 g/mol. The number of aryl methyl sites for hydroxylation is 1. The van der Waals surface area contributed by atoms with Crippen LogP contribution in [0.5, 0.6) is 0 Å². The number of nitrogens with two attached hydrogens (primary N) is 1. The third-order valence-corrected chi connectivity index (χ3v) is 8.10. The molecule has 5 rings (SSSR count). The number of hydrogen-bond donors (Lipinski definition) is 1. The average molecular weight is 490 g/mol. The Morgan fingerprint density at radius 2 is 1.76 bits per heavy atom. The van der Waals surface area contributed by atoms with Gasteiger partial charge < -0.3 is 10.5 Å². The number of nitrogens with zero attached hydrogens (tertiary/aromatic N) is 2. The summed E-state index contributed by atoms with van der Waals surface area (Å²) in [5.74, 6) is -0.244. The summed E-state index contributed by atoms with van der Waals surface area (Å²) in [4.78, 5) is 33.1. The Bertz CT molecular complexity index is 1230. The number of hydrogen-bond acceptors (Lipinski definition) is 7. The molecule has 3 heterocycles. The first-order valence-corrected chi connectivity index (χ1v) is 12.8. The van der Waals surface area contributed by atoms with Crippen LogP contribution in [-0.4, -0.2) is 38.9 Å². The number of rotatable bonds is 6. The summed E-state index contributed by atoms with van der Waals surface area (Å²) in [5.41, 5.74) is 11.4. The summed E-state index contributed by atoms with van der Waals surface area (Å²) in [6.07, 6.45) is 3.22. The lowest BCUT2D eigenvalue weighted by Gasteiger charge is -2.48. The fourth-order valence-electron chi connectivity index (χ4n) is 4.05. The summed E-state index contributed by atoms with van der Waals surface area (Å²) in [5, 5.41) is -0.260. The molecule has 1 amide bonds. The van der Waals surface area contributed by atoms with Gasteiger partial charge in [0.05, 0.1) is 11.2 Å². The van der Waals surface area contributed by atoms with Crippen molar-refractivity contribution in [3.8, 4) is 0 Å². The molecule has 0 saturated carbocycles. The molecule has 1 unspecified atom stereocenters. The number of esters is 1. The number of carbonyl (C=O) groups excluding carboxylic acids is 2. The number of allylic oxidation sites excluding steroid dienone is 1. The average Bonchev–Trinajstić information content (AvgIpc) is 3.30. The normalized spacial score (nSPS) is 20.0. The summed E-state index contributed by atoms with van der Waals surface area (Å²) < 4.78 is 6.10. The maximum Gasteiger partial charge on any atom is 0.356 e. The molecule has 172 valence electrons. The van der Waals surface area contributed by atoms with Gasteiger partial charge in [0.15, 0.2) is 6.10 Å². The van der Waals surface area contributed by atoms with Gasteiger partial charge in [-0.15, -0.1) is 23.1 Å². The van der Waals surface area contributed by atoms with E-state index in [1.54, 1.807) is 17.3 Å². The van der Waals surface area contributed by atoms with Crippen molar-refractivity contribution in [2.24, 2.45) is 5.73 Å². The van der Waals surface area contributed by atoms with Gasteiger partial charge in [0.1, 0.15) is 17.1 Å². The van der Waals surface area contributed by atoms with E-state index < -0.39 is 18.1 Å². The highest BCUT2D eigenvalue weighted by Gasteiger charge is 2.52. The second-order valence-electron chi connectivity index (χ2n) is 8.05. The third kappa shape index (κ3) is 4.20. The second-order valence-corrected chi connectivity index (χ2v) is 10.0. The molecule has 6 nitrogen and oxygen atoms in total. The lowest BCUT2D eigenvalue weighted by atomic mass is 10.0. The number of amides is 1. The highest BCUT2D eigenvalue weighted by atomic mass is 32.2. The highest BCUT2D eigenvalue weighted by Crippen LogP contribution is 2.41. The predicted octanol–water partition coefficient (Wildman–Crippen LogP) is 4.29. The Morgan fingerprint density at radius 3 is 2.35 bits per heavy atom. The molecule has 2 aliphatic heterocycles. The van der Waals surface area contributed by atoms with Crippen molar-refractivity contribution in [1.82, 2.24) is 9.88 Å². The molecule has 1 fully saturated rings. The Labute approximate surface area is 206 Å². The monoisotopic (exact) mass is 489 g/mol. The Morgan fingerprint density at radius 1 is 1.12 bits per heavy atom. The van der Waals surface area contributed by atoms with Crippen molar-refractivity contribution >= 4 is 41.1 Å². The van der Waals surface area contributed by atoms with Crippen LogP contribution in [0.15, 0.2) is 83.5 Å². The molecule has 0 aliphatic carbocycles. The maximum atomic E-state index is 13.7. The molecule has 0 spiro atoms. The Kier molecular flexibility index (Phi) is 6.36. The number of ether oxygens (including phenoxy) is 1. The molecule has 1 aromatic heterocycles. The van der Waals surface area contributed by atoms with Crippen LogP contribution in [0, 0.1) is 6.92 Å². The first-order valence-electron chi connectivity index (χ1n) is 10.9. The number of thioether (sulfide) groups is 1. The van der Waals surface area contributed by atoms with E-state index in [4.69, 9.17) is 10.5 Å².